The van der Waals surface area contributed by atoms with E-state index < -0.39 is 5.97 Å². The molecule has 1 aliphatic rings. The number of hydrogen-bond donors (Lipinski definition) is 1. The van der Waals surface area contributed by atoms with Crippen LogP contribution in [0.5, 0.6) is 0 Å². The molecule has 0 unspecified atom stereocenters. The van der Waals surface area contributed by atoms with E-state index in [-0.39, 0.29) is 30.5 Å². The minimum Gasteiger partial charge on any atom is -0.481 e. The molecule has 0 saturated heterocycles. The van der Waals surface area contributed by atoms with Crippen molar-refractivity contribution >= 4 is 11.8 Å². The quantitative estimate of drug-likeness (QED) is 0.363. The van der Waals surface area contributed by atoms with Gasteiger partial charge >= 0.3 is 5.97 Å². The van der Waals surface area contributed by atoms with Crippen molar-refractivity contribution in [1.82, 2.24) is 0 Å². The molecule has 5 nitrogen and oxygen atoms in total. The molecule has 0 heterocycles. The second kappa shape index (κ2) is 13.0. The third kappa shape index (κ3) is 8.00. The van der Waals surface area contributed by atoms with E-state index in [0.29, 0.717) is 18.6 Å². The summed E-state index contributed by atoms with van der Waals surface area (Å²) in [4.78, 5) is 23.0. The fourth-order valence-corrected chi connectivity index (χ4v) is 3.76. The molecule has 1 saturated carbocycles. The molecule has 0 spiro atoms. The van der Waals surface area contributed by atoms with Gasteiger partial charge in [-0.3, -0.25) is 9.59 Å². The van der Waals surface area contributed by atoms with E-state index in [0.717, 1.165) is 44.9 Å². The smallest absolute Gasteiger partial charge is 0.303 e. The van der Waals surface area contributed by atoms with Crippen molar-refractivity contribution in [2.24, 2.45) is 11.8 Å². The third-order valence-electron chi connectivity index (χ3n) is 5.36. The summed E-state index contributed by atoms with van der Waals surface area (Å²) in [5, 5.41) is 8.67. The predicted molar refractivity (Wildman–Crippen MR) is 102 cm³/mol. The molecule has 0 aromatic rings. The number of carboxylic acids is 1. The molecule has 1 N–H and O–H groups in total. The summed E-state index contributed by atoms with van der Waals surface area (Å²) in [6, 6.07) is 0. The first-order valence-electron chi connectivity index (χ1n) is 10.0. The zero-order valence-corrected chi connectivity index (χ0v) is 16.6. The van der Waals surface area contributed by atoms with Crippen LogP contribution in [-0.2, 0) is 19.1 Å². The van der Waals surface area contributed by atoms with Crippen LogP contribution in [0.4, 0.5) is 0 Å². The molecule has 1 aliphatic carbocycles. The van der Waals surface area contributed by atoms with Gasteiger partial charge in [-0.1, -0.05) is 51.2 Å². The van der Waals surface area contributed by atoms with Crippen molar-refractivity contribution in [2.75, 3.05) is 14.2 Å². The number of unbranched alkanes of at least 4 members (excludes halogenated alkanes) is 4. The first-order valence-corrected chi connectivity index (χ1v) is 10.0. The molecule has 0 radical (unpaired) electrons. The number of rotatable bonds is 14. The lowest BCUT2D eigenvalue weighted by Gasteiger charge is -2.21. The number of ketones is 1. The van der Waals surface area contributed by atoms with Gasteiger partial charge in [-0.25, -0.2) is 0 Å². The van der Waals surface area contributed by atoms with Crippen LogP contribution in [0.15, 0.2) is 12.2 Å². The number of carboxylic acid groups (broad SMARTS) is 1. The average molecular weight is 369 g/mol. The lowest BCUT2D eigenvalue weighted by atomic mass is 9.88. The van der Waals surface area contributed by atoms with Crippen LogP contribution in [0.3, 0.4) is 0 Å². The molecule has 26 heavy (non-hydrogen) atoms. The fourth-order valence-electron chi connectivity index (χ4n) is 3.76. The average Bonchev–Trinajstić information content (AvgIpc) is 2.93. The predicted octanol–water partition coefficient (Wildman–Crippen LogP) is 4.39. The van der Waals surface area contributed by atoms with E-state index in [1.54, 1.807) is 14.2 Å². The topological polar surface area (TPSA) is 72.8 Å². The normalized spacial score (nSPS) is 24.4. The van der Waals surface area contributed by atoms with Crippen molar-refractivity contribution in [3.05, 3.63) is 12.2 Å². The summed E-state index contributed by atoms with van der Waals surface area (Å²) in [6.45, 7) is 2.17. The number of ether oxygens (including phenoxy) is 2. The van der Waals surface area contributed by atoms with E-state index in [1.165, 1.54) is 0 Å². The monoisotopic (exact) mass is 368 g/mol. The molecule has 150 valence electrons. The van der Waals surface area contributed by atoms with Crippen LogP contribution in [0, 0.1) is 11.8 Å². The minimum absolute atomic E-state index is 0.0133. The second-order valence-electron chi connectivity index (χ2n) is 7.28. The maximum atomic E-state index is 12.4. The highest BCUT2D eigenvalue weighted by molar-refractivity contribution is 5.84. The van der Waals surface area contributed by atoms with Gasteiger partial charge in [-0.2, -0.15) is 0 Å². The second-order valence-corrected chi connectivity index (χ2v) is 7.28. The summed E-state index contributed by atoms with van der Waals surface area (Å²) in [7, 11) is 3.41. The van der Waals surface area contributed by atoms with Gasteiger partial charge in [0.2, 0.25) is 0 Å². The van der Waals surface area contributed by atoms with Crippen molar-refractivity contribution < 1.29 is 24.2 Å². The Hall–Kier alpha value is -1.20. The molecule has 1 fully saturated rings. The molecule has 4 atom stereocenters. The molecule has 0 bridgehead atoms. The van der Waals surface area contributed by atoms with Crippen LogP contribution < -0.4 is 0 Å². The van der Waals surface area contributed by atoms with Gasteiger partial charge in [0.05, 0.1) is 12.2 Å². The Morgan fingerprint density at radius 1 is 1.23 bits per heavy atom. The van der Waals surface area contributed by atoms with Gasteiger partial charge in [0.15, 0.2) is 0 Å². The van der Waals surface area contributed by atoms with Gasteiger partial charge in [-0.05, 0) is 19.3 Å². The zero-order chi connectivity index (χ0) is 19.4. The fraction of sp³-hybridized carbons (Fsp3) is 0.810. The molecule has 1 rings (SSSR count). The minimum atomic E-state index is -0.736. The SMILES string of the molecule is CCCC[C@@H](/C=C/[C@H]1[C@H](OC)CC(=O)[C@@H]1CCCCCCC(=O)O)OC. The lowest BCUT2D eigenvalue weighted by Crippen LogP contribution is -2.21. The van der Waals surface area contributed by atoms with Crippen LogP contribution in [0.1, 0.15) is 71.1 Å². The molecular formula is C21H36O5. The van der Waals surface area contributed by atoms with E-state index in [4.69, 9.17) is 14.6 Å². The molecule has 0 aliphatic heterocycles. The highest BCUT2D eigenvalue weighted by atomic mass is 16.5. The molecule has 5 heteroatoms. The maximum absolute atomic E-state index is 12.4. The summed E-state index contributed by atoms with van der Waals surface area (Å²) < 4.78 is 11.1. The lowest BCUT2D eigenvalue weighted by molar-refractivity contribution is -0.137. The van der Waals surface area contributed by atoms with Crippen LogP contribution in [0.25, 0.3) is 0 Å². The Labute approximate surface area is 158 Å². The standard InChI is InChI=1S/C21H36O5/c1-4-5-10-16(25-2)13-14-18-17(19(22)15-20(18)26-3)11-8-6-7-9-12-21(23)24/h13-14,16-18,20H,4-12,15H2,1-3H3,(H,23,24)/b14-13+/t16-,17+,18+,20+/m0/s1. The number of hydrogen-bond acceptors (Lipinski definition) is 4. The van der Waals surface area contributed by atoms with Crippen molar-refractivity contribution in [3.63, 3.8) is 0 Å². The molecule has 0 aromatic heterocycles. The third-order valence-corrected chi connectivity index (χ3v) is 5.36. The first-order chi connectivity index (χ1) is 12.5. The van der Waals surface area contributed by atoms with Crippen LogP contribution in [0.2, 0.25) is 0 Å². The summed E-state index contributed by atoms with van der Waals surface area (Å²) >= 11 is 0. The van der Waals surface area contributed by atoms with Crippen LogP contribution >= 0.6 is 0 Å². The van der Waals surface area contributed by atoms with Gasteiger partial charge < -0.3 is 14.6 Å². The Morgan fingerprint density at radius 2 is 1.96 bits per heavy atom. The maximum Gasteiger partial charge on any atom is 0.303 e. The molecular weight excluding hydrogens is 332 g/mol. The Balaban J connectivity index is 2.54. The number of aliphatic carboxylic acids is 1. The summed E-state index contributed by atoms with van der Waals surface area (Å²) in [5.41, 5.74) is 0. The van der Waals surface area contributed by atoms with Crippen LogP contribution in [-0.4, -0.2) is 43.3 Å². The summed E-state index contributed by atoms with van der Waals surface area (Å²) in [6.07, 6.45) is 12.7. The number of carbonyl (C=O) groups is 2. The molecule has 0 aromatic carbocycles. The van der Waals surface area contributed by atoms with Gasteiger partial charge in [-0.15, -0.1) is 0 Å². The number of methoxy groups -OCH3 is 2. The number of carbonyl (C=O) groups excluding carboxylic acids is 1. The van der Waals surface area contributed by atoms with Crippen molar-refractivity contribution in [2.45, 2.75) is 83.3 Å². The Morgan fingerprint density at radius 3 is 2.58 bits per heavy atom. The first kappa shape index (κ1) is 22.8. The number of Topliss-reactive ketones (excluding diaryl/α,β-unsaturated/α-hetero) is 1. The Bertz CT molecular complexity index is 446. The van der Waals surface area contributed by atoms with E-state index >= 15 is 0 Å². The van der Waals surface area contributed by atoms with Crippen molar-refractivity contribution in [3.8, 4) is 0 Å². The van der Waals surface area contributed by atoms with Gasteiger partial charge in [0.1, 0.15) is 5.78 Å². The van der Waals surface area contributed by atoms with Gasteiger partial charge in [0, 0.05) is 38.9 Å². The van der Waals surface area contributed by atoms with Gasteiger partial charge in [0.25, 0.3) is 0 Å². The highest BCUT2D eigenvalue weighted by Crippen LogP contribution is 2.36. The highest BCUT2D eigenvalue weighted by Gasteiger charge is 2.40. The Kier molecular flexibility index (Phi) is 11.5. The zero-order valence-electron chi connectivity index (χ0n) is 16.6. The van der Waals surface area contributed by atoms with Crippen molar-refractivity contribution in [1.29, 1.82) is 0 Å². The largest absolute Gasteiger partial charge is 0.481 e. The van der Waals surface area contributed by atoms with E-state index in [9.17, 15) is 9.59 Å². The van der Waals surface area contributed by atoms with E-state index in [1.807, 2.05) is 0 Å². The summed E-state index contributed by atoms with van der Waals surface area (Å²) in [5.74, 6) is -0.315. The van der Waals surface area contributed by atoms with E-state index in [2.05, 4.69) is 19.1 Å². The molecule has 0 amide bonds.